The van der Waals surface area contributed by atoms with Gasteiger partial charge in [-0.15, -0.1) is 0 Å². The Bertz CT molecular complexity index is 620. The molecule has 0 aliphatic carbocycles. The van der Waals surface area contributed by atoms with Crippen LogP contribution in [0.4, 0.5) is 5.69 Å². The lowest BCUT2D eigenvalue weighted by Crippen LogP contribution is -2.46. The van der Waals surface area contributed by atoms with Gasteiger partial charge in [-0.3, -0.25) is 9.59 Å². The summed E-state index contributed by atoms with van der Waals surface area (Å²) in [5, 5.41) is 5.28. The molecule has 0 spiro atoms. The van der Waals surface area contributed by atoms with Gasteiger partial charge in [0.1, 0.15) is 6.04 Å². The number of anilines is 1. The first-order valence-electron chi connectivity index (χ1n) is 6.84. The van der Waals surface area contributed by atoms with E-state index in [2.05, 4.69) is 17.2 Å². The van der Waals surface area contributed by atoms with E-state index >= 15 is 0 Å². The Hall–Kier alpha value is -2.63. The van der Waals surface area contributed by atoms with Crippen molar-refractivity contribution in [1.29, 1.82) is 0 Å². The molecular formula is C16H18N2O4. The highest BCUT2D eigenvalue weighted by molar-refractivity contribution is 6.00. The third kappa shape index (κ3) is 3.33. The molecule has 2 rings (SSSR count). The van der Waals surface area contributed by atoms with Gasteiger partial charge in [-0.25, -0.2) is 4.79 Å². The molecule has 0 aromatic heterocycles. The van der Waals surface area contributed by atoms with Gasteiger partial charge in [-0.2, -0.15) is 0 Å². The summed E-state index contributed by atoms with van der Waals surface area (Å²) in [6.07, 6.45) is 1.16. The van der Waals surface area contributed by atoms with E-state index in [1.54, 1.807) is 24.3 Å². The summed E-state index contributed by atoms with van der Waals surface area (Å²) in [7, 11) is 0. The number of carbonyl (C=O) groups is 3. The van der Waals surface area contributed by atoms with Gasteiger partial charge < -0.3 is 15.4 Å². The van der Waals surface area contributed by atoms with Crippen molar-refractivity contribution in [3.05, 3.63) is 42.5 Å². The van der Waals surface area contributed by atoms with Gasteiger partial charge in [-0.1, -0.05) is 20.4 Å². The number of rotatable bonds is 4. The molecule has 1 saturated heterocycles. The molecule has 1 unspecified atom stereocenters. The fourth-order valence-corrected chi connectivity index (χ4v) is 2.11. The Morgan fingerprint density at radius 3 is 2.45 bits per heavy atom. The number of amides is 2. The summed E-state index contributed by atoms with van der Waals surface area (Å²) in [6.45, 7) is 7.36. The Morgan fingerprint density at radius 1 is 1.32 bits per heavy atom. The molecule has 0 bridgehead atoms. The first-order valence-corrected chi connectivity index (χ1v) is 6.84. The van der Waals surface area contributed by atoms with E-state index in [0.717, 1.165) is 6.08 Å². The maximum absolute atomic E-state index is 12.2. The Balaban J connectivity index is 2.05. The van der Waals surface area contributed by atoms with Crippen LogP contribution in [-0.2, 0) is 14.3 Å². The first kappa shape index (κ1) is 15.8. The fraction of sp³-hybridized carbons (Fsp3) is 0.312. The smallest absolute Gasteiger partial charge is 0.329 e. The lowest BCUT2D eigenvalue weighted by Gasteiger charge is -2.22. The summed E-state index contributed by atoms with van der Waals surface area (Å²) >= 11 is 0. The molecule has 22 heavy (non-hydrogen) atoms. The lowest BCUT2D eigenvalue weighted by molar-refractivity contribution is -0.139. The van der Waals surface area contributed by atoms with Crippen molar-refractivity contribution < 1.29 is 19.1 Å². The van der Waals surface area contributed by atoms with Crippen LogP contribution in [0.1, 0.15) is 24.2 Å². The second-order valence-electron chi connectivity index (χ2n) is 5.77. The van der Waals surface area contributed by atoms with E-state index in [9.17, 15) is 14.4 Å². The number of nitrogens with one attached hydrogen (secondary N) is 2. The maximum Gasteiger partial charge on any atom is 0.329 e. The van der Waals surface area contributed by atoms with E-state index < -0.39 is 17.4 Å². The standard InChI is InChI=1S/C16H18N2O4/c1-4-12(19)17-11-7-5-10(6-8-11)14(20)18-13-15(21)22-9-16(13,2)3/h4-8,13H,1,9H2,2-3H3,(H,17,19)(H,18,20). The molecule has 2 amide bonds. The molecule has 1 aliphatic rings. The highest BCUT2D eigenvalue weighted by atomic mass is 16.5. The normalized spacial score (nSPS) is 19.2. The molecule has 1 aromatic rings. The second kappa shape index (κ2) is 6.01. The number of cyclic esters (lactones) is 1. The van der Waals surface area contributed by atoms with Crippen molar-refractivity contribution in [2.75, 3.05) is 11.9 Å². The van der Waals surface area contributed by atoms with Crippen LogP contribution in [0.5, 0.6) is 0 Å². The molecule has 1 heterocycles. The average Bonchev–Trinajstić information content (AvgIpc) is 2.74. The molecule has 1 aromatic carbocycles. The fourth-order valence-electron chi connectivity index (χ4n) is 2.11. The summed E-state index contributed by atoms with van der Waals surface area (Å²) in [4.78, 5) is 35.1. The van der Waals surface area contributed by atoms with Crippen LogP contribution in [0.15, 0.2) is 36.9 Å². The quantitative estimate of drug-likeness (QED) is 0.652. The number of carbonyl (C=O) groups excluding carboxylic acids is 3. The minimum Gasteiger partial charge on any atom is -0.463 e. The number of hydrogen-bond acceptors (Lipinski definition) is 4. The molecule has 1 atom stereocenters. The van der Waals surface area contributed by atoms with E-state index in [-0.39, 0.29) is 18.4 Å². The largest absolute Gasteiger partial charge is 0.463 e. The lowest BCUT2D eigenvalue weighted by atomic mass is 9.87. The van der Waals surface area contributed by atoms with Crippen molar-refractivity contribution in [2.45, 2.75) is 19.9 Å². The predicted molar refractivity (Wildman–Crippen MR) is 81.3 cm³/mol. The Labute approximate surface area is 128 Å². The molecule has 2 N–H and O–H groups in total. The van der Waals surface area contributed by atoms with Crippen molar-refractivity contribution in [3.63, 3.8) is 0 Å². The monoisotopic (exact) mass is 302 g/mol. The average molecular weight is 302 g/mol. The molecule has 0 radical (unpaired) electrons. The van der Waals surface area contributed by atoms with Crippen molar-refractivity contribution in [3.8, 4) is 0 Å². The molecule has 1 aliphatic heterocycles. The van der Waals surface area contributed by atoms with Crippen LogP contribution in [-0.4, -0.2) is 30.4 Å². The van der Waals surface area contributed by atoms with Gasteiger partial charge in [0.2, 0.25) is 5.91 Å². The van der Waals surface area contributed by atoms with Gasteiger partial charge in [-0.05, 0) is 30.3 Å². The minimum absolute atomic E-state index is 0.281. The number of esters is 1. The second-order valence-corrected chi connectivity index (χ2v) is 5.77. The topological polar surface area (TPSA) is 84.5 Å². The third-order valence-electron chi connectivity index (χ3n) is 3.48. The zero-order valence-corrected chi connectivity index (χ0v) is 12.5. The highest BCUT2D eigenvalue weighted by Crippen LogP contribution is 2.28. The zero-order valence-electron chi connectivity index (χ0n) is 12.5. The molecule has 1 fully saturated rings. The third-order valence-corrected chi connectivity index (χ3v) is 3.48. The summed E-state index contributed by atoms with van der Waals surface area (Å²) < 4.78 is 4.98. The summed E-state index contributed by atoms with van der Waals surface area (Å²) in [5.74, 6) is -1.11. The summed E-state index contributed by atoms with van der Waals surface area (Å²) in [6, 6.07) is 5.69. The van der Waals surface area contributed by atoms with Crippen LogP contribution >= 0.6 is 0 Å². The number of hydrogen-bond donors (Lipinski definition) is 2. The SMILES string of the molecule is C=CC(=O)Nc1ccc(C(=O)NC2C(=O)OCC2(C)C)cc1. The zero-order chi connectivity index (χ0) is 16.3. The van der Waals surface area contributed by atoms with E-state index in [4.69, 9.17) is 4.74 Å². The molecule has 6 heteroatoms. The Morgan fingerprint density at radius 2 is 1.95 bits per heavy atom. The van der Waals surface area contributed by atoms with Gasteiger partial charge in [0.25, 0.3) is 5.91 Å². The molecule has 6 nitrogen and oxygen atoms in total. The summed E-state index contributed by atoms with van der Waals surface area (Å²) in [5.41, 5.74) is 0.513. The van der Waals surface area contributed by atoms with Crippen molar-refractivity contribution in [2.24, 2.45) is 5.41 Å². The maximum atomic E-state index is 12.2. The van der Waals surface area contributed by atoms with Crippen LogP contribution < -0.4 is 10.6 Å². The van der Waals surface area contributed by atoms with Crippen LogP contribution in [0.3, 0.4) is 0 Å². The minimum atomic E-state index is -0.667. The molecule has 116 valence electrons. The van der Waals surface area contributed by atoms with E-state index in [0.29, 0.717) is 11.3 Å². The highest BCUT2D eigenvalue weighted by Gasteiger charge is 2.44. The first-order chi connectivity index (χ1) is 10.3. The number of benzene rings is 1. The van der Waals surface area contributed by atoms with Gasteiger partial charge in [0.05, 0.1) is 6.61 Å². The molecular weight excluding hydrogens is 284 g/mol. The van der Waals surface area contributed by atoms with Crippen LogP contribution in [0, 0.1) is 5.41 Å². The van der Waals surface area contributed by atoms with Crippen LogP contribution in [0.25, 0.3) is 0 Å². The van der Waals surface area contributed by atoms with Crippen LogP contribution in [0.2, 0.25) is 0 Å². The van der Waals surface area contributed by atoms with Gasteiger partial charge in [0, 0.05) is 16.7 Å². The van der Waals surface area contributed by atoms with Gasteiger partial charge >= 0.3 is 5.97 Å². The predicted octanol–water partition coefficient (Wildman–Crippen LogP) is 1.49. The van der Waals surface area contributed by atoms with E-state index in [1.165, 1.54) is 0 Å². The van der Waals surface area contributed by atoms with Crippen molar-refractivity contribution >= 4 is 23.5 Å². The number of ether oxygens (including phenoxy) is 1. The Kier molecular flexibility index (Phi) is 4.30. The molecule has 0 saturated carbocycles. The van der Waals surface area contributed by atoms with Gasteiger partial charge in [0.15, 0.2) is 0 Å². The van der Waals surface area contributed by atoms with Crippen molar-refractivity contribution in [1.82, 2.24) is 5.32 Å². The van der Waals surface area contributed by atoms with E-state index in [1.807, 2.05) is 13.8 Å².